The highest BCUT2D eigenvalue weighted by Crippen LogP contribution is 2.45. The van der Waals surface area contributed by atoms with Crippen LogP contribution in [0.15, 0.2) is 0 Å². The number of unbranched alkanes of at least 4 members (excludes halogenated alkanes) is 38. The zero-order valence-electron chi connectivity index (χ0n) is 62.3. The van der Waals surface area contributed by atoms with Gasteiger partial charge in [-0.3, -0.25) is 37.3 Å². The number of ether oxygens (including phenoxy) is 4. The molecule has 0 aliphatic rings. The van der Waals surface area contributed by atoms with Crippen LogP contribution in [-0.2, 0) is 65.4 Å². The van der Waals surface area contributed by atoms with E-state index in [1.54, 1.807) is 0 Å². The van der Waals surface area contributed by atoms with Crippen molar-refractivity contribution < 1.29 is 80.2 Å². The van der Waals surface area contributed by atoms with E-state index in [2.05, 4.69) is 55.4 Å². The second-order valence-corrected chi connectivity index (χ2v) is 32.0. The summed E-state index contributed by atoms with van der Waals surface area (Å²) in [6.07, 6.45) is 50.0. The Kier molecular flexibility index (Phi) is 64.0. The summed E-state index contributed by atoms with van der Waals surface area (Å²) in [7, 11) is -9.91. The van der Waals surface area contributed by atoms with Gasteiger partial charge in [-0.1, -0.05) is 331 Å². The third-order valence-corrected chi connectivity index (χ3v) is 19.8. The number of rotatable bonds is 73. The van der Waals surface area contributed by atoms with E-state index in [4.69, 9.17) is 37.0 Å². The summed E-state index contributed by atoms with van der Waals surface area (Å²) >= 11 is 0. The first-order chi connectivity index (χ1) is 45.6. The van der Waals surface area contributed by atoms with Crippen molar-refractivity contribution in [3.05, 3.63) is 0 Å². The van der Waals surface area contributed by atoms with Crippen molar-refractivity contribution in [3.63, 3.8) is 0 Å². The van der Waals surface area contributed by atoms with Gasteiger partial charge in [0.05, 0.1) is 26.4 Å². The monoisotopic (exact) mass is 1400 g/mol. The Morgan fingerprint density at radius 1 is 0.295 bits per heavy atom. The second-order valence-electron chi connectivity index (χ2n) is 29.1. The minimum atomic E-state index is -4.96. The summed E-state index contributed by atoms with van der Waals surface area (Å²) in [6, 6.07) is 0. The Labute approximate surface area is 581 Å². The van der Waals surface area contributed by atoms with Gasteiger partial charge in [0.1, 0.15) is 19.3 Å². The van der Waals surface area contributed by atoms with Crippen LogP contribution in [0.3, 0.4) is 0 Å². The van der Waals surface area contributed by atoms with E-state index in [1.807, 2.05) is 0 Å². The van der Waals surface area contributed by atoms with E-state index < -0.39 is 97.5 Å². The molecule has 0 rings (SSSR count). The van der Waals surface area contributed by atoms with Crippen LogP contribution in [0, 0.1) is 23.7 Å². The number of phosphoric ester groups is 2. The maximum absolute atomic E-state index is 13.1. The Hall–Kier alpha value is -1.94. The highest BCUT2D eigenvalue weighted by molar-refractivity contribution is 7.47. The van der Waals surface area contributed by atoms with Gasteiger partial charge in [0.15, 0.2) is 12.2 Å². The fourth-order valence-corrected chi connectivity index (χ4v) is 13.1. The molecule has 0 fully saturated rings. The summed E-state index contributed by atoms with van der Waals surface area (Å²) in [5, 5.41) is 10.6. The van der Waals surface area contributed by atoms with Crippen molar-refractivity contribution in [2.45, 2.75) is 401 Å². The molecule has 0 saturated heterocycles. The Balaban J connectivity index is 5.24. The topological polar surface area (TPSA) is 237 Å². The number of aliphatic hydroxyl groups excluding tert-OH is 1. The summed E-state index contributed by atoms with van der Waals surface area (Å²) < 4.78 is 68.5. The predicted octanol–water partition coefficient (Wildman–Crippen LogP) is 22.0. The summed E-state index contributed by atoms with van der Waals surface area (Å²) in [5.74, 6) is 0.936. The third-order valence-electron chi connectivity index (χ3n) is 17.9. The molecule has 0 radical (unpaired) electrons. The van der Waals surface area contributed by atoms with Crippen molar-refractivity contribution >= 4 is 39.5 Å². The number of hydrogen-bond donors (Lipinski definition) is 3. The third kappa shape index (κ3) is 69.0. The molecule has 3 N–H and O–H groups in total. The fraction of sp³-hybridized carbons (Fsp3) is 0.947. The van der Waals surface area contributed by atoms with Gasteiger partial charge >= 0.3 is 39.5 Å². The van der Waals surface area contributed by atoms with Crippen LogP contribution < -0.4 is 0 Å². The minimum absolute atomic E-state index is 0.103. The molecular formula is C76H148O17P2. The maximum atomic E-state index is 13.1. The highest BCUT2D eigenvalue weighted by atomic mass is 31.2. The lowest BCUT2D eigenvalue weighted by Crippen LogP contribution is -2.30. The average Bonchev–Trinajstić information content (AvgIpc) is 1.58. The lowest BCUT2D eigenvalue weighted by Gasteiger charge is -2.21. The molecular weight excluding hydrogens is 1250 g/mol. The number of phosphoric acid groups is 2. The first kappa shape index (κ1) is 93.1. The second kappa shape index (κ2) is 65.4. The molecule has 0 amide bonds. The van der Waals surface area contributed by atoms with E-state index in [0.717, 1.165) is 108 Å². The molecule has 4 unspecified atom stereocenters. The van der Waals surface area contributed by atoms with Gasteiger partial charge < -0.3 is 33.8 Å². The molecule has 0 saturated carbocycles. The Bertz CT molecular complexity index is 1870. The van der Waals surface area contributed by atoms with Gasteiger partial charge in [0.2, 0.25) is 0 Å². The van der Waals surface area contributed by atoms with Crippen molar-refractivity contribution in [3.8, 4) is 0 Å². The van der Waals surface area contributed by atoms with Crippen LogP contribution >= 0.6 is 15.6 Å². The maximum Gasteiger partial charge on any atom is 0.472 e. The molecule has 95 heavy (non-hydrogen) atoms. The van der Waals surface area contributed by atoms with Crippen LogP contribution in [0.2, 0.25) is 0 Å². The molecule has 0 aromatic heterocycles. The first-order valence-electron chi connectivity index (χ1n) is 39.2. The number of aliphatic hydroxyl groups is 1. The molecule has 0 aromatic carbocycles. The summed E-state index contributed by atoms with van der Waals surface area (Å²) in [5.41, 5.74) is 0. The van der Waals surface area contributed by atoms with Crippen molar-refractivity contribution in [2.24, 2.45) is 23.7 Å². The van der Waals surface area contributed by atoms with E-state index in [0.29, 0.717) is 31.6 Å². The lowest BCUT2D eigenvalue weighted by molar-refractivity contribution is -0.161. The van der Waals surface area contributed by atoms with Crippen LogP contribution in [0.1, 0.15) is 383 Å². The fourth-order valence-electron chi connectivity index (χ4n) is 11.5. The smallest absolute Gasteiger partial charge is 0.462 e. The standard InChI is InChI=1S/C76H148O17P2/c1-9-69(8)55-47-39-31-22-18-14-10-11-15-20-24-34-42-50-58-75(80)92-71(62-86-73(78)56-48-40-32-23-19-16-12-13-17-21-28-36-44-52-66(2)3)64-90-94(82,83)88-60-70(77)61-89-95(84,85)91-65-72(93-76(81)59-51-43-35-27-30-38-46-54-68(6)7)63-87-74(79)57-49-41-33-26-25-29-37-45-53-67(4)5/h66-72,77H,9-65H2,1-8H3,(H,82,83)(H,84,85)/t69?,70?,71-,72-/m1/s1. The normalized spacial score (nSPS) is 14.4. The van der Waals surface area contributed by atoms with E-state index in [9.17, 15) is 43.2 Å². The SMILES string of the molecule is CCC(C)CCCCCCCCCCCCCCCCC(=O)O[C@H](COC(=O)CCCCCCCCCCCCCCCC(C)C)COP(=O)(O)OCC(O)COP(=O)(O)OC[C@@H](COC(=O)CCCCCCCCCCC(C)C)OC(=O)CCCCCCCCCC(C)C. The molecule has 0 aliphatic carbocycles. The molecule has 0 aromatic rings. The lowest BCUT2D eigenvalue weighted by atomic mass is 9.99. The van der Waals surface area contributed by atoms with Crippen LogP contribution in [0.4, 0.5) is 0 Å². The average molecular weight is 1400 g/mol. The quantitative estimate of drug-likeness (QED) is 0.0222. The predicted molar refractivity (Wildman–Crippen MR) is 386 cm³/mol. The number of esters is 4. The first-order valence-corrected chi connectivity index (χ1v) is 42.2. The summed E-state index contributed by atoms with van der Waals surface area (Å²) in [6.45, 7) is 14.2. The minimum Gasteiger partial charge on any atom is -0.462 e. The van der Waals surface area contributed by atoms with Crippen LogP contribution in [0.25, 0.3) is 0 Å². The zero-order valence-corrected chi connectivity index (χ0v) is 64.1. The van der Waals surface area contributed by atoms with Crippen molar-refractivity contribution in [1.82, 2.24) is 0 Å². The molecule has 0 bridgehead atoms. The van der Waals surface area contributed by atoms with Gasteiger partial charge in [0.25, 0.3) is 0 Å². The highest BCUT2D eigenvalue weighted by Gasteiger charge is 2.30. The number of hydrogen-bond acceptors (Lipinski definition) is 15. The largest absolute Gasteiger partial charge is 0.472 e. The molecule has 0 heterocycles. The molecule has 0 spiro atoms. The van der Waals surface area contributed by atoms with Gasteiger partial charge in [0, 0.05) is 25.7 Å². The number of carbonyl (C=O) groups excluding carboxylic acids is 4. The molecule has 17 nitrogen and oxygen atoms in total. The van der Waals surface area contributed by atoms with Gasteiger partial charge in [-0.25, -0.2) is 9.13 Å². The molecule has 19 heteroatoms. The van der Waals surface area contributed by atoms with E-state index >= 15 is 0 Å². The summed E-state index contributed by atoms with van der Waals surface area (Å²) in [4.78, 5) is 72.8. The Morgan fingerprint density at radius 2 is 0.505 bits per heavy atom. The molecule has 564 valence electrons. The van der Waals surface area contributed by atoms with Crippen LogP contribution in [-0.4, -0.2) is 96.7 Å². The van der Waals surface area contributed by atoms with Gasteiger partial charge in [-0.2, -0.15) is 0 Å². The zero-order chi connectivity index (χ0) is 70.3. The van der Waals surface area contributed by atoms with Crippen molar-refractivity contribution in [2.75, 3.05) is 39.6 Å². The number of carbonyl (C=O) groups is 4. The van der Waals surface area contributed by atoms with Gasteiger partial charge in [-0.05, 0) is 49.4 Å². The van der Waals surface area contributed by atoms with Crippen LogP contribution in [0.5, 0.6) is 0 Å². The molecule has 0 aliphatic heterocycles. The van der Waals surface area contributed by atoms with E-state index in [-0.39, 0.29) is 25.7 Å². The van der Waals surface area contributed by atoms with Gasteiger partial charge in [-0.15, -0.1) is 0 Å². The van der Waals surface area contributed by atoms with E-state index in [1.165, 1.54) is 186 Å². The van der Waals surface area contributed by atoms with Crippen molar-refractivity contribution in [1.29, 1.82) is 0 Å². The molecule has 6 atom stereocenters. The Morgan fingerprint density at radius 3 is 0.747 bits per heavy atom.